The monoisotopic (exact) mass is 465 g/mol. The lowest BCUT2D eigenvalue weighted by atomic mass is 10.0. The number of halogens is 1. The van der Waals surface area contributed by atoms with Gasteiger partial charge in [-0.1, -0.05) is 30.7 Å². The van der Waals surface area contributed by atoms with Crippen molar-refractivity contribution < 1.29 is 13.9 Å². The van der Waals surface area contributed by atoms with Crippen LogP contribution in [0.1, 0.15) is 35.4 Å². The summed E-state index contributed by atoms with van der Waals surface area (Å²) in [5, 5.41) is 0.314. The maximum atomic E-state index is 12.9. The molecule has 1 aromatic heterocycles. The van der Waals surface area contributed by atoms with E-state index in [4.69, 9.17) is 17.3 Å². The third-order valence-electron chi connectivity index (χ3n) is 6.02. The standard InChI is InChI=1S/C21H28ClN5O3S/c1-2-18-19-17(12-31(18,29)30)24-13-25-20(19)26-7-9-27(10-8-26)21(28)16(23)11-14-3-5-15(22)6-4-14/h3-6,13,16,18,29-30H,2,7-12,23H2,1H3/t16-,18?/m1/s1. The van der Waals surface area contributed by atoms with Crippen LogP contribution in [-0.2, 0) is 17.0 Å². The van der Waals surface area contributed by atoms with E-state index >= 15 is 0 Å². The molecule has 2 aromatic rings. The fraction of sp³-hybridized carbons (Fsp3) is 0.476. The zero-order valence-electron chi connectivity index (χ0n) is 17.4. The van der Waals surface area contributed by atoms with E-state index in [2.05, 4.69) is 14.9 Å². The molecule has 3 heterocycles. The van der Waals surface area contributed by atoms with E-state index in [1.165, 1.54) is 6.33 Å². The molecule has 2 atom stereocenters. The van der Waals surface area contributed by atoms with Gasteiger partial charge >= 0.3 is 0 Å². The van der Waals surface area contributed by atoms with Gasteiger partial charge in [-0.3, -0.25) is 13.9 Å². The number of amides is 1. The molecule has 1 unspecified atom stereocenters. The largest absolute Gasteiger partial charge is 0.353 e. The van der Waals surface area contributed by atoms with Crippen molar-refractivity contribution >= 4 is 33.9 Å². The summed E-state index contributed by atoms with van der Waals surface area (Å²) in [6.45, 7) is 4.25. The second kappa shape index (κ2) is 8.91. The van der Waals surface area contributed by atoms with Crippen LogP contribution in [-0.4, -0.2) is 62.1 Å². The van der Waals surface area contributed by atoms with Gasteiger partial charge in [-0.25, -0.2) is 9.97 Å². The van der Waals surface area contributed by atoms with Crippen LogP contribution in [0.25, 0.3) is 0 Å². The Morgan fingerprint density at radius 1 is 1.23 bits per heavy atom. The van der Waals surface area contributed by atoms with Crippen molar-refractivity contribution in [2.45, 2.75) is 36.8 Å². The van der Waals surface area contributed by atoms with Crippen LogP contribution in [0.2, 0.25) is 5.02 Å². The number of carbonyl (C=O) groups is 1. The molecule has 2 aliphatic rings. The highest BCUT2D eigenvalue weighted by atomic mass is 35.5. The molecule has 1 amide bonds. The van der Waals surface area contributed by atoms with Gasteiger partial charge in [-0.15, -0.1) is 0 Å². The summed E-state index contributed by atoms with van der Waals surface area (Å²) in [5.74, 6) is 0.879. The predicted octanol–water partition coefficient (Wildman–Crippen LogP) is 3.06. The van der Waals surface area contributed by atoms with E-state index in [1.54, 1.807) is 17.0 Å². The fourth-order valence-electron chi connectivity index (χ4n) is 4.41. The Bertz CT molecular complexity index is 951. The summed E-state index contributed by atoms with van der Waals surface area (Å²) in [4.78, 5) is 25.5. The van der Waals surface area contributed by atoms with Gasteiger partial charge in [0.1, 0.15) is 12.1 Å². The van der Waals surface area contributed by atoms with Crippen molar-refractivity contribution in [1.82, 2.24) is 14.9 Å². The van der Waals surface area contributed by atoms with Gasteiger partial charge < -0.3 is 15.5 Å². The first-order valence-electron chi connectivity index (χ1n) is 10.4. The van der Waals surface area contributed by atoms with Gasteiger partial charge in [0.2, 0.25) is 5.91 Å². The van der Waals surface area contributed by atoms with E-state index < -0.39 is 16.6 Å². The summed E-state index contributed by atoms with van der Waals surface area (Å²) in [6.07, 6.45) is 2.57. The molecule has 0 aliphatic carbocycles. The molecule has 0 radical (unpaired) electrons. The minimum atomic E-state index is -2.74. The molecule has 1 aromatic carbocycles. The number of nitrogens with zero attached hydrogens (tertiary/aromatic N) is 4. The molecule has 0 bridgehead atoms. The molecule has 4 N–H and O–H groups in total. The summed E-state index contributed by atoms with van der Waals surface area (Å²) < 4.78 is 21.0. The van der Waals surface area contributed by atoms with E-state index in [-0.39, 0.29) is 16.9 Å². The van der Waals surface area contributed by atoms with Gasteiger partial charge in [0.15, 0.2) is 0 Å². The van der Waals surface area contributed by atoms with Crippen molar-refractivity contribution in [2.24, 2.45) is 5.73 Å². The van der Waals surface area contributed by atoms with Crippen LogP contribution >= 0.6 is 22.2 Å². The van der Waals surface area contributed by atoms with Gasteiger partial charge in [0, 0.05) is 36.8 Å². The average Bonchev–Trinajstić information content (AvgIpc) is 3.03. The van der Waals surface area contributed by atoms with Crippen molar-refractivity contribution in [3.63, 3.8) is 0 Å². The summed E-state index contributed by atoms with van der Waals surface area (Å²) in [7, 11) is -2.74. The molecular weight excluding hydrogens is 438 g/mol. The van der Waals surface area contributed by atoms with Crippen molar-refractivity contribution in [3.8, 4) is 0 Å². The molecule has 10 heteroatoms. The lowest BCUT2D eigenvalue weighted by Gasteiger charge is -2.38. The highest BCUT2D eigenvalue weighted by Gasteiger charge is 2.40. The van der Waals surface area contributed by atoms with Crippen LogP contribution in [0.3, 0.4) is 0 Å². The Kier molecular flexibility index (Phi) is 6.41. The second-order valence-corrected chi connectivity index (χ2v) is 10.8. The van der Waals surface area contributed by atoms with Crippen LogP contribution < -0.4 is 10.6 Å². The molecule has 4 rings (SSSR count). The summed E-state index contributed by atoms with van der Waals surface area (Å²) in [6, 6.07) is 6.76. The number of nitrogens with two attached hydrogens (primary N) is 1. The van der Waals surface area contributed by atoms with Gasteiger partial charge in [0.25, 0.3) is 0 Å². The Morgan fingerprint density at radius 2 is 1.90 bits per heavy atom. The first-order valence-corrected chi connectivity index (χ1v) is 12.6. The van der Waals surface area contributed by atoms with E-state index in [1.807, 2.05) is 19.1 Å². The van der Waals surface area contributed by atoms with Gasteiger partial charge in [0.05, 0.1) is 22.7 Å². The van der Waals surface area contributed by atoms with Crippen molar-refractivity contribution in [2.75, 3.05) is 31.1 Å². The predicted molar refractivity (Wildman–Crippen MR) is 124 cm³/mol. The fourth-order valence-corrected chi connectivity index (χ4v) is 6.53. The number of hydrogen-bond acceptors (Lipinski definition) is 7. The first-order chi connectivity index (χ1) is 14.8. The van der Waals surface area contributed by atoms with Crippen LogP contribution in [0.5, 0.6) is 0 Å². The molecule has 0 saturated carbocycles. The molecule has 0 spiro atoms. The second-order valence-electron chi connectivity index (χ2n) is 8.07. The minimum Gasteiger partial charge on any atom is -0.353 e. The lowest BCUT2D eigenvalue weighted by Crippen LogP contribution is -2.54. The van der Waals surface area contributed by atoms with Crippen LogP contribution in [0.15, 0.2) is 30.6 Å². The summed E-state index contributed by atoms with van der Waals surface area (Å²) in [5.41, 5.74) is 8.74. The topological polar surface area (TPSA) is 116 Å². The third kappa shape index (κ3) is 4.51. The minimum absolute atomic E-state index is 0.0665. The lowest BCUT2D eigenvalue weighted by molar-refractivity contribution is -0.132. The average molecular weight is 466 g/mol. The molecule has 168 valence electrons. The van der Waals surface area contributed by atoms with E-state index in [0.29, 0.717) is 44.0 Å². The molecule has 1 saturated heterocycles. The number of piperazine rings is 1. The van der Waals surface area contributed by atoms with Crippen molar-refractivity contribution in [3.05, 3.63) is 52.4 Å². The highest BCUT2D eigenvalue weighted by Crippen LogP contribution is 2.64. The Labute approximate surface area is 188 Å². The van der Waals surface area contributed by atoms with Crippen molar-refractivity contribution in [1.29, 1.82) is 0 Å². The smallest absolute Gasteiger partial charge is 0.239 e. The zero-order chi connectivity index (χ0) is 22.2. The number of anilines is 1. The normalized spacial score (nSPS) is 22.2. The maximum absolute atomic E-state index is 12.9. The number of aromatic nitrogens is 2. The highest BCUT2D eigenvalue weighted by molar-refractivity contribution is 8.24. The number of carbonyl (C=O) groups excluding carboxylic acids is 1. The molecule has 1 fully saturated rings. The van der Waals surface area contributed by atoms with Crippen LogP contribution in [0, 0.1) is 0 Å². The van der Waals surface area contributed by atoms with Gasteiger partial charge in [-0.05, 0) is 30.5 Å². The summed E-state index contributed by atoms with van der Waals surface area (Å²) >= 11 is 5.92. The Hall–Kier alpha value is -1.91. The quantitative estimate of drug-likeness (QED) is 0.621. The maximum Gasteiger partial charge on any atom is 0.239 e. The van der Waals surface area contributed by atoms with Gasteiger partial charge in [-0.2, -0.15) is 10.6 Å². The Balaban J connectivity index is 1.41. The van der Waals surface area contributed by atoms with Crippen LogP contribution in [0.4, 0.5) is 5.82 Å². The molecule has 31 heavy (non-hydrogen) atoms. The number of benzene rings is 1. The van der Waals surface area contributed by atoms with E-state index in [0.717, 1.165) is 22.6 Å². The molecule has 8 nitrogen and oxygen atoms in total. The molecule has 2 aliphatic heterocycles. The number of rotatable bonds is 5. The zero-order valence-corrected chi connectivity index (χ0v) is 19.0. The number of hydrogen-bond donors (Lipinski definition) is 3. The van der Waals surface area contributed by atoms with E-state index in [9.17, 15) is 13.9 Å². The SMILES string of the molecule is CCC1c2c(ncnc2N2CCN(C(=O)[C@H](N)Cc3ccc(Cl)cc3)CC2)CS1(O)O. The first kappa shape index (κ1) is 22.3. The number of fused-ring (bicyclic) bond motifs is 1. The third-order valence-corrected chi connectivity index (χ3v) is 8.45. The Morgan fingerprint density at radius 3 is 2.55 bits per heavy atom. The molecular formula is C21H28ClN5O3S.